The van der Waals surface area contributed by atoms with Crippen LogP contribution in [-0.2, 0) is 36.8 Å². The minimum Gasteiger partial charge on any atom is -0.481 e. The maximum Gasteiger partial charge on any atom is 0.305 e. The van der Waals surface area contributed by atoms with E-state index < -0.39 is 48.2 Å². The highest BCUT2D eigenvalue weighted by Crippen LogP contribution is 2.17. The van der Waals surface area contributed by atoms with Gasteiger partial charge >= 0.3 is 5.97 Å². The molecular formula is C30H39N3O6. The summed E-state index contributed by atoms with van der Waals surface area (Å²) in [4.78, 5) is 61.9. The number of rotatable bonds is 15. The van der Waals surface area contributed by atoms with Gasteiger partial charge in [0.05, 0.1) is 12.5 Å². The zero-order chi connectivity index (χ0) is 28.9. The summed E-state index contributed by atoms with van der Waals surface area (Å²) in [7, 11) is 0. The molecule has 2 aromatic carbocycles. The minimum absolute atomic E-state index is 0.274. The van der Waals surface area contributed by atoms with Gasteiger partial charge in [0.2, 0.25) is 17.7 Å². The van der Waals surface area contributed by atoms with Crippen molar-refractivity contribution in [2.45, 2.75) is 65.1 Å². The molecule has 0 aliphatic carbocycles. The standard InChI is InChI=1S/C30H39N3O6/c1-19(2)26(29(38)31-24(18-34)17-25(35)36)33-30(39)27(20(3)4)32-28(37)23(15-21-11-7-5-8-12-21)16-22-13-9-6-10-14-22/h5-14,18-20,23-24,26-27H,15-17H2,1-4H3,(H,31,38)(H,32,37)(H,33,39)(H,35,36)/t24-,26-,27-/m0/s1. The summed E-state index contributed by atoms with van der Waals surface area (Å²) >= 11 is 0. The molecule has 0 fully saturated rings. The Kier molecular flexibility index (Phi) is 12.3. The van der Waals surface area contributed by atoms with Gasteiger partial charge in [-0.3, -0.25) is 19.2 Å². The Morgan fingerprint density at radius 1 is 0.692 bits per heavy atom. The number of benzene rings is 2. The highest BCUT2D eigenvalue weighted by atomic mass is 16.4. The summed E-state index contributed by atoms with van der Waals surface area (Å²) in [5.41, 5.74) is 2.00. The highest BCUT2D eigenvalue weighted by Gasteiger charge is 2.33. The second kappa shape index (κ2) is 15.4. The molecule has 0 bridgehead atoms. The number of hydrogen-bond donors (Lipinski definition) is 4. The van der Waals surface area contributed by atoms with Crippen molar-refractivity contribution in [1.82, 2.24) is 16.0 Å². The van der Waals surface area contributed by atoms with Crippen molar-refractivity contribution in [3.05, 3.63) is 71.8 Å². The van der Waals surface area contributed by atoms with Crippen LogP contribution in [0.1, 0.15) is 45.2 Å². The van der Waals surface area contributed by atoms with Gasteiger partial charge in [-0.15, -0.1) is 0 Å². The number of aliphatic carboxylic acids is 1. The Morgan fingerprint density at radius 2 is 1.10 bits per heavy atom. The number of carboxylic acid groups (broad SMARTS) is 1. The average molecular weight is 538 g/mol. The van der Waals surface area contributed by atoms with Gasteiger partial charge in [-0.25, -0.2) is 0 Å². The maximum absolute atomic E-state index is 13.5. The summed E-state index contributed by atoms with van der Waals surface area (Å²) in [6.07, 6.45) is 0.758. The van der Waals surface area contributed by atoms with E-state index in [-0.39, 0.29) is 17.7 Å². The van der Waals surface area contributed by atoms with Gasteiger partial charge in [-0.1, -0.05) is 88.4 Å². The summed E-state index contributed by atoms with van der Waals surface area (Å²) in [5.74, 6) is -3.79. The lowest BCUT2D eigenvalue weighted by molar-refractivity contribution is -0.139. The second-order valence-corrected chi connectivity index (χ2v) is 10.4. The third-order valence-electron chi connectivity index (χ3n) is 6.40. The molecule has 3 amide bonds. The molecule has 0 unspecified atom stereocenters. The number of carbonyl (C=O) groups is 5. The van der Waals surface area contributed by atoms with Crippen molar-refractivity contribution in [3.63, 3.8) is 0 Å². The molecule has 2 rings (SSSR count). The van der Waals surface area contributed by atoms with Crippen LogP contribution in [0.5, 0.6) is 0 Å². The quantitative estimate of drug-likeness (QED) is 0.257. The van der Waals surface area contributed by atoms with Crippen LogP contribution in [0.2, 0.25) is 0 Å². The van der Waals surface area contributed by atoms with E-state index in [4.69, 9.17) is 5.11 Å². The lowest BCUT2D eigenvalue weighted by atomic mass is 9.90. The normalized spacial score (nSPS) is 13.4. The van der Waals surface area contributed by atoms with E-state index in [2.05, 4.69) is 16.0 Å². The molecule has 0 radical (unpaired) electrons. The first kappa shape index (κ1) is 31.2. The van der Waals surface area contributed by atoms with Gasteiger partial charge in [0.25, 0.3) is 0 Å². The third-order valence-corrected chi connectivity index (χ3v) is 6.40. The molecule has 0 aromatic heterocycles. The first-order valence-corrected chi connectivity index (χ1v) is 13.2. The minimum atomic E-state index is -1.24. The van der Waals surface area contributed by atoms with Crippen molar-refractivity contribution in [3.8, 4) is 0 Å². The van der Waals surface area contributed by atoms with Gasteiger partial charge in [0, 0.05) is 5.92 Å². The fourth-order valence-corrected chi connectivity index (χ4v) is 4.23. The number of carboxylic acids is 1. The van der Waals surface area contributed by atoms with Crippen LogP contribution in [0.25, 0.3) is 0 Å². The molecule has 4 N–H and O–H groups in total. The van der Waals surface area contributed by atoms with Gasteiger partial charge in [-0.05, 0) is 35.8 Å². The van der Waals surface area contributed by atoms with Crippen molar-refractivity contribution in [2.24, 2.45) is 17.8 Å². The molecule has 0 aliphatic rings. The van der Waals surface area contributed by atoms with Crippen LogP contribution in [0.15, 0.2) is 60.7 Å². The Balaban J connectivity index is 2.19. The van der Waals surface area contributed by atoms with Crippen LogP contribution in [-0.4, -0.2) is 53.2 Å². The molecule has 0 heterocycles. The molecule has 2 aromatic rings. The zero-order valence-electron chi connectivity index (χ0n) is 22.9. The lowest BCUT2D eigenvalue weighted by Gasteiger charge is -2.29. The lowest BCUT2D eigenvalue weighted by Crippen LogP contribution is -2.58. The van der Waals surface area contributed by atoms with E-state index in [0.29, 0.717) is 19.1 Å². The molecule has 9 nitrogen and oxygen atoms in total. The van der Waals surface area contributed by atoms with E-state index in [0.717, 1.165) is 11.1 Å². The van der Waals surface area contributed by atoms with Crippen LogP contribution in [0, 0.1) is 17.8 Å². The van der Waals surface area contributed by atoms with Gasteiger partial charge in [0.1, 0.15) is 18.4 Å². The molecule has 0 spiro atoms. The summed E-state index contributed by atoms with van der Waals surface area (Å²) < 4.78 is 0. The molecule has 0 saturated heterocycles. The first-order valence-electron chi connectivity index (χ1n) is 13.2. The monoisotopic (exact) mass is 537 g/mol. The number of nitrogens with one attached hydrogen (secondary N) is 3. The fourth-order valence-electron chi connectivity index (χ4n) is 4.23. The van der Waals surface area contributed by atoms with Crippen molar-refractivity contribution < 1.29 is 29.1 Å². The van der Waals surface area contributed by atoms with E-state index in [9.17, 15) is 24.0 Å². The predicted molar refractivity (Wildman–Crippen MR) is 148 cm³/mol. The molecular weight excluding hydrogens is 498 g/mol. The topological polar surface area (TPSA) is 142 Å². The fraction of sp³-hybridized carbons (Fsp3) is 0.433. The Bertz CT molecular complexity index is 1060. The molecule has 9 heteroatoms. The predicted octanol–water partition coefficient (Wildman–Crippen LogP) is 2.53. The molecule has 0 saturated carbocycles. The van der Waals surface area contributed by atoms with Crippen LogP contribution in [0.4, 0.5) is 0 Å². The Labute approximate surface area is 229 Å². The summed E-state index contributed by atoms with van der Waals surface area (Å²) in [6.45, 7) is 7.04. The van der Waals surface area contributed by atoms with Crippen molar-refractivity contribution in [1.29, 1.82) is 0 Å². The number of aldehydes is 1. The smallest absolute Gasteiger partial charge is 0.305 e. The first-order chi connectivity index (χ1) is 18.5. The largest absolute Gasteiger partial charge is 0.481 e. The van der Waals surface area contributed by atoms with Crippen LogP contribution in [0.3, 0.4) is 0 Å². The molecule has 39 heavy (non-hydrogen) atoms. The van der Waals surface area contributed by atoms with Crippen LogP contribution < -0.4 is 16.0 Å². The SMILES string of the molecule is CC(C)[C@H](NC(=O)C(Cc1ccccc1)Cc1ccccc1)C(=O)N[C@H](C(=O)N[C@H](C=O)CC(=O)O)C(C)C. The van der Waals surface area contributed by atoms with Gasteiger partial charge in [0.15, 0.2) is 0 Å². The Hall–Kier alpha value is -4.01. The van der Waals surface area contributed by atoms with Gasteiger partial charge < -0.3 is 25.9 Å². The Morgan fingerprint density at radius 3 is 1.49 bits per heavy atom. The number of hydrogen-bond acceptors (Lipinski definition) is 5. The zero-order valence-corrected chi connectivity index (χ0v) is 22.9. The van der Waals surface area contributed by atoms with E-state index in [1.165, 1.54) is 0 Å². The van der Waals surface area contributed by atoms with Gasteiger partial charge in [-0.2, -0.15) is 0 Å². The number of carbonyl (C=O) groups excluding carboxylic acids is 4. The number of amides is 3. The van der Waals surface area contributed by atoms with E-state index >= 15 is 0 Å². The van der Waals surface area contributed by atoms with Crippen molar-refractivity contribution in [2.75, 3.05) is 0 Å². The van der Waals surface area contributed by atoms with E-state index in [1.54, 1.807) is 27.7 Å². The molecule has 210 valence electrons. The average Bonchev–Trinajstić information content (AvgIpc) is 2.89. The highest BCUT2D eigenvalue weighted by molar-refractivity contribution is 5.93. The van der Waals surface area contributed by atoms with Crippen molar-refractivity contribution >= 4 is 30.0 Å². The summed E-state index contributed by atoms with van der Waals surface area (Å²) in [6, 6.07) is 16.2. The molecule has 0 aliphatic heterocycles. The maximum atomic E-state index is 13.5. The van der Waals surface area contributed by atoms with E-state index in [1.807, 2.05) is 60.7 Å². The third kappa shape index (κ3) is 10.3. The second-order valence-electron chi connectivity index (χ2n) is 10.4. The van der Waals surface area contributed by atoms with Crippen LogP contribution >= 0.6 is 0 Å². The summed E-state index contributed by atoms with van der Waals surface area (Å²) in [5, 5.41) is 16.9. The molecule has 3 atom stereocenters.